The minimum atomic E-state index is -0.198. The Bertz CT molecular complexity index is 1910. The van der Waals surface area contributed by atoms with Crippen molar-refractivity contribution in [3.8, 4) is 28.5 Å². The van der Waals surface area contributed by atoms with E-state index >= 15 is 0 Å². The normalized spacial score (nSPS) is 11.5. The van der Waals surface area contributed by atoms with Crippen LogP contribution < -0.4 is 21.1 Å². The van der Waals surface area contributed by atoms with Crippen LogP contribution in [0.1, 0.15) is 43.7 Å². The number of pyridine rings is 2. The van der Waals surface area contributed by atoms with Crippen LogP contribution >= 0.6 is 0 Å². The Morgan fingerprint density at radius 2 is 1.77 bits per heavy atom. The van der Waals surface area contributed by atoms with E-state index in [1.54, 1.807) is 41.3 Å². The van der Waals surface area contributed by atoms with Gasteiger partial charge in [0.1, 0.15) is 11.9 Å². The summed E-state index contributed by atoms with van der Waals surface area (Å²) in [6.45, 7) is 3.69. The van der Waals surface area contributed by atoms with Gasteiger partial charge in [-0.05, 0) is 48.9 Å². The van der Waals surface area contributed by atoms with E-state index in [4.69, 9.17) is 4.98 Å². The first-order valence-electron chi connectivity index (χ1n) is 16.1. The van der Waals surface area contributed by atoms with E-state index in [0.29, 0.717) is 48.2 Å². The average molecular weight is 645 g/mol. The number of amides is 2. The van der Waals surface area contributed by atoms with Crippen molar-refractivity contribution < 1.29 is 4.79 Å². The van der Waals surface area contributed by atoms with Gasteiger partial charge in [-0.25, -0.2) is 19.7 Å². The fraction of sp³-hybridized carbons (Fsp3) is 0.306. The average Bonchev–Trinajstić information content (AvgIpc) is 3.55. The first kappa shape index (κ1) is 33.5. The maximum atomic E-state index is 13.7. The Hall–Kier alpha value is -5.83. The highest BCUT2D eigenvalue weighted by Gasteiger charge is 2.22. The third kappa shape index (κ3) is 8.70. The van der Waals surface area contributed by atoms with Crippen LogP contribution in [0.5, 0.6) is 0 Å². The minimum Gasteiger partial charge on any atom is -0.354 e. The maximum Gasteiger partial charge on any atom is 0.323 e. The fourth-order valence-corrected chi connectivity index (χ4v) is 5.52. The Morgan fingerprint density at radius 3 is 2.46 bits per heavy atom. The van der Waals surface area contributed by atoms with Crippen molar-refractivity contribution in [2.24, 2.45) is 20.0 Å². The van der Waals surface area contributed by atoms with Gasteiger partial charge in [0.05, 0.1) is 23.7 Å². The lowest BCUT2D eigenvalue weighted by atomic mass is 9.97. The van der Waals surface area contributed by atoms with Gasteiger partial charge < -0.3 is 15.2 Å². The van der Waals surface area contributed by atoms with Crippen molar-refractivity contribution in [1.82, 2.24) is 34.6 Å². The Kier molecular flexibility index (Phi) is 11.3. The summed E-state index contributed by atoms with van der Waals surface area (Å²) in [5, 5.41) is 20.2. The summed E-state index contributed by atoms with van der Waals surface area (Å²) in [6.07, 6.45) is 12.3. The molecule has 2 N–H and O–H groups in total. The minimum absolute atomic E-state index is 0.143. The number of aromatic nitrogens is 6. The molecule has 0 saturated carbocycles. The molecule has 2 amide bonds. The fourth-order valence-electron chi connectivity index (χ4n) is 5.52. The molecule has 0 unspecified atom stereocenters. The maximum absolute atomic E-state index is 13.7. The Balaban J connectivity index is 1.26. The van der Waals surface area contributed by atoms with Crippen LogP contribution in [-0.4, -0.2) is 48.4 Å². The quantitative estimate of drug-likeness (QED) is 0.150. The van der Waals surface area contributed by atoms with Gasteiger partial charge in [-0.2, -0.15) is 10.4 Å². The molecule has 0 fully saturated rings. The van der Waals surface area contributed by atoms with E-state index in [1.807, 2.05) is 55.7 Å². The predicted octanol–water partition coefficient (Wildman–Crippen LogP) is 5.53. The lowest BCUT2D eigenvalue weighted by Gasteiger charge is -2.27. The number of anilines is 2. The summed E-state index contributed by atoms with van der Waals surface area (Å²) in [6, 6.07) is 18.8. The van der Waals surface area contributed by atoms with Gasteiger partial charge in [0.2, 0.25) is 11.5 Å². The SMILES string of the molecule is CCC[C@@H](CCCNc1ncc(C#N)c(-c2ccc(=O)n(C)c2)n1)CN(C(=O)NCc1ccccc1)c1ccc(-c2cnn(C)c2)cn1. The van der Waals surface area contributed by atoms with Crippen LogP contribution in [0.4, 0.5) is 16.6 Å². The van der Waals surface area contributed by atoms with Gasteiger partial charge in [0.25, 0.3) is 0 Å². The number of carbonyl (C=O) groups excluding carboxylic acids is 1. The zero-order valence-corrected chi connectivity index (χ0v) is 27.5. The number of hydrogen-bond acceptors (Lipinski definition) is 8. The molecular weight excluding hydrogens is 604 g/mol. The van der Waals surface area contributed by atoms with E-state index in [-0.39, 0.29) is 17.5 Å². The molecule has 0 aliphatic rings. The van der Waals surface area contributed by atoms with Crippen molar-refractivity contribution in [2.45, 2.75) is 39.2 Å². The largest absolute Gasteiger partial charge is 0.354 e. The lowest BCUT2D eigenvalue weighted by molar-refractivity contribution is 0.243. The van der Waals surface area contributed by atoms with Gasteiger partial charge in [-0.1, -0.05) is 43.7 Å². The number of rotatable bonds is 14. The number of nitrogens with one attached hydrogen (secondary N) is 2. The Morgan fingerprint density at radius 1 is 0.958 bits per heavy atom. The molecule has 246 valence electrons. The highest BCUT2D eigenvalue weighted by atomic mass is 16.2. The van der Waals surface area contributed by atoms with Crippen LogP contribution in [-0.2, 0) is 20.6 Å². The molecule has 0 radical (unpaired) electrons. The molecule has 1 atom stereocenters. The van der Waals surface area contributed by atoms with Crippen LogP contribution in [0.2, 0.25) is 0 Å². The molecule has 12 nitrogen and oxygen atoms in total. The second kappa shape index (κ2) is 16.1. The van der Waals surface area contributed by atoms with Gasteiger partial charge >= 0.3 is 6.03 Å². The van der Waals surface area contributed by atoms with Crippen molar-refractivity contribution in [1.29, 1.82) is 5.26 Å². The van der Waals surface area contributed by atoms with Crippen LogP contribution in [0.3, 0.4) is 0 Å². The Labute approximate surface area is 280 Å². The molecule has 4 aromatic heterocycles. The molecule has 0 spiro atoms. The summed E-state index contributed by atoms with van der Waals surface area (Å²) >= 11 is 0. The smallest absolute Gasteiger partial charge is 0.323 e. The molecule has 5 aromatic rings. The topological polar surface area (TPSA) is 147 Å². The molecule has 0 aliphatic heterocycles. The van der Waals surface area contributed by atoms with Gasteiger partial charge in [-0.3, -0.25) is 14.4 Å². The summed E-state index contributed by atoms with van der Waals surface area (Å²) in [5.74, 6) is 1.22. The number of benzene rings is 1. The zero-order valence-electron chi connectivity index (χ0n) is 27.5. The van der Waals surface area contributed by atoms with Crippen LogP contribution in [0.25, 0.3) is 22.4 Å². The third-order valence-electron chi connectivity index (χ3n) is 8.07. The van der Waals surface area contributed by atoms with E-state index in [2.05, 4.69) is 38.7 Å². The predicted molar refractivity (Wildman–Crippen MR) is 186 cm³/mol. The molecule has 12 heteroatoms. The van der Waals surface area contributed by atoms with E-state index in [1.165, 1.54) is 16.8 Å². The number of nitriles is 1. The standard InChI is InChI=1S/C36H40N10O2/c1-4-9-27(12-8-17-38-35-40-21-30(18-37)34(43-35)29-14-16-33(47)44(2)24-29)23-46(36(48)41-19-26-10-6-5-7-11-26)32-15-13-28(20-39-32)31-22-42-45(3)25-31/h5-7,10-11,13-16,20-22,24-25,27H,4,8-9,12,17,19,23H2,1-3H3,(H,41,48)(H,38,40,43)/t27-/m0/s1. The van der Waals surface area contributed by atoms with Crippen LogP contribution in [0, 0.1) is 17.2 Å². The van der Waals surface area contributed by atoms with Crippen LogP contribution in [0.15, 0.2) is 90.4 Å². The first-order valence-corrected chi connectivity index (χ1v) is 16.1. The van der Waals surface area contributed by atoms with Gasteiger partial charge in [0.15, 0.2) is 0 Å². The first-order chi connectivity index (χ1) is 23.3. The molecule has 1 aromatic carbocycles. The second-order valence-corrected chi connectivity index (χ2v) is 11.7. The number of nitrogens with zero attached hydrogens (tertiary/aromatic N) is 8. The molecule has 0 bridgehead atoms. The highest BCUT2D eigenvalue weighted by molar-refractivity contribution is 5.91. The van der Waals surface area contributed by atoms with Crippen molar-refractivity contribution in [2.75, 3.05) is 23.3 Å². The molecule has 5 rings (SSSR count). The summed E-state index contributed by atoms with van der Waals surface area (Å²) < 4.78 is 3.20. The summed E-state index contributed by atoms with van der Waals surface area (Å²) in [4.78, 5) is 40.9. The molecular formula is C36H40N10O2. The van der Waals surface area contributed by atoms with Gasteiger partial charge in [-0.15, -0.1) is 0 Å². The number of aryl methyl sites for hydroxylation is 2. The summed E-state index contributed by atoms with van der Waals surface area (Å²) in [7, 11) is 3.53. The van der Waals surface area contributed by atoms with E-state index in [9.17, 15) is 14.9 Å². The zero-order chi connectivity index (χ0) is 33.9. The second-order valence-electron chi connectivity index (χ2n) is 11.7. The van der Waals surface area contributed by atoms with Crippen molar-refractivity contribution in [3.63, 3.8) is 0 Å². The number of urea groups is 1. The van der Waals surface area contributed by atoms with Gasteiger partial charge in [0, 0.05) is 75.1 Å². The lowest BCUT2D eigenvalue weighted by Crippen LogP contribution is -2.43. The highest BCUT2D eigenvalue weighted by Crippen LogP contribution is 2.24. The van der Waals surface area contributed by atoms with E-state index < -0.39 is 0 Å². The molecule has 48 heavy (non-hydrogen) atoms. The monoisotopic (exact) mass is 644 g/mol. The van der Waals surface area contributed by atoms with Crippen molar-refractivity contribution >= 4 is 17.8 Å². The number of hydrogen-bond donors (Lipinski definition) is 2. The van der Waals surface area contributed by atoms with E-state index in [0.717, 1.165) is 42.4 Å². The molecule has 0 saturated heterocycles. The van der Waals surface area contributed by atoms with Crippen molar-refractivity contribution in [3.05, 3.63) is 107 Å². The molecule has 4 heterocycles. The number of carbonyl (C=O) groups is 1. The summed E-state index contributed by atoms with van der Waals surface area (Å²) in [5.41, 5.74) is 4.22. The third-order valence-corrected chi connectivity index (χ3v) is 8.07. The molecule has 0 aliphatic carbocycles.